The first-order valence-corrected chi connectivity index (χ1v) is 5.01. The largest absolute Gasteiger partial charge is 0.325 e. The third-order valence-corrected chi connectivity index (χ3v) is 3.63. The van der Waals surface area contributed by atoms with E-state index in [-0.39, 0.29) is 5.54 Å². The highest BCUT2D eigenvalue weighted by Gasteiger charge is 2.47. The molecule has 2 atom stereocenters. The first-order chi connectivity index (χ1) is 5.22. The van der Waals surface area contributed by atoms with Crippen LogP contribution in [0.15, 0.2) is 0 Å². The average molecular weight is 153 g/mol. The lowest BCUT2D eigenvalue weighted by molar-refractivity contribution is 0.252. The van der Waals surface area contributed by atoms with E-state index in [1.807, 2.05) is 0 Å². The Bertz CT molecular complexity index is 147. The number of hydrogen-bond acceptors (Lipinski definition) is 1. The van der Waals surface area contributed by atoms with Crippen molar-refractivity contribution < 1.29 is 0 Å². The summed E-state index contributed by atoms with van der Waals surface area (Å²) in [7, 11) is 0. The van der Waals surface area contributed by atoms with Gasteiger partial charge in [0.15, 0.2) is 0 Å². The second-order valence-electron chi connectivity index (χ2n) is 4.61. The highest BCUT2D eigenvalue weighted by Crippen LogP contribution is 2.50. The molecule has 0 amide bonds. The van der Waals surface area contributed by atoms with Gasteiger partial charge in [-0.3, -0.25) is 0 Å². The summed E-state index contributed by atoms with van der Waals surface area (Å²) < 4.78 is 0. The van der Waals surface area contributed by atoms with E-state index in [2.05, 4.69) is 6.92 Å². The van der Waals surface area contributed by atoms with Crippen molar-refractivity contribution >= 4 is 0 Å². The van der Waals surface area contributed by atoms with Gasteiger partial charge >= 0.3 is 0 Å². The smallest absolute Gasteiger partial charge is 0.0185 e. The van der Waals surface area contributed by atoms with Crippen LogP contribution in [0.4, 0.5) is 0 Å². The van der Waals surface area contributed by atoms with Crippen molar-refractivity contribution in [1.82, 2.24) is 0 Å². The molecule has 11 heavy (non-hydrogen) atoms. The Labute approximate surface area is 69.4 Å². The van der Waals surface area contributed by atoms with Crippen LogP contribution >= 0.6 is 0 Å². The zero-order chi connectivity index (χ0) is 7.90. The molecule has 64 valence electrons. The minimum atomic E-state index is 0.262. The van der Waals surface area contributed by atoms with Crippen LogP contribution in [0.25, 0.3) is 0 Å². The molecular formula is C10H19N. The standard InChI is InChI=1S/C10H19N/c1-8-7-9(8)10(11)5-3-2-4-6-10/h8-9H,2-7,11H2,1H3. The molecule has 0 spiro atoms. The van der Waals surface area contributed by atoms with Gasteiger partial charge in [0.25, 0.3) is 0 Å². The first kappa shape index (κ1) is 7.60. The van der Waals surface area contributed by atoms with E-state index in [1.54, 1.807) is 0 Å². The van der Waals surface area contributed by atoms with Crippen molar-refractivity contribution in [3.63, 3.8) is 0 Å². The van der Waals surface area contributed by atoms with Gasteiger partial charge in [-0.1, -0.05) is 26.2 Å². The maximum atomic E-state index is 6.35. The highest BCUT2D eigenvalue weighted by molar-refractivity contribution is 5.03. The van der Waals surface area contributed by atoms with Crippen LogP contribution in [0, 0.1) is 11.8 Å². The molecule has 0 heterocycles. The third-order valence-electron chi connectivity index (χ3n) is 3.63. The lowest BCUT2D eigenvalue weighted by atomic mass is 9.78. The van der Waals surface area contributed by atoms with Gasteiger partial charge in [0.05, 0.1) is 0 Å². The van der Waals surface area contributed by atoms with Gasteiger partial charge in [-0.2, -0.15) is 0 Å². The van der Waals surface area contributed by atoms with E-state index in [0.29, 0.717) is 0 Å². The molecule has 2 saturated carbocycles. The van der Waals surface area contributed by atoms with E-state index in [0.717, 1.165) is 11.8 Å². The first-order valence-electron chi connectivity index (χ1n) is 5.01. The van der Waals surface area contributed by atoms with Crippen LogP contribution < -0.4 is 5.73 Å². The second-order valence-corrected chi connectivity index (χ2v) is 4.61. The van der Waals surface area contributed by atoms with Crippen LogP contribution in [-0.2, 0) is 0 Å². The summed E-state index contributed by atoms with van der Waals surface area (Å²) in [5.41, 5.74) is 6.62. The van der Waals surface area contributed by atoms with Crippen molar-refractivity contribution in [2.75, 3.05) is 0 Å². The fraction of sp³-hybridized carbons (Fsp3) is 1.00. The Morgan fingerprint density at radius 1 is 1.18 bits per heavy atom. The molecule has 0 aliphatic heterocycles. The Morgan fingerprint density at radius 3 is 2.18 bits per heavy atom. The fourth-order valence-electron chi connectivity index (χ4n) is 2.70. The molecule has 2 fully saturated rings. The minimum absolute atomic E-state index is 0.262. The Morgan fingerprint density at radius 2 is 1.73 bits per heavy atom. The zero-order valence-electron chi connectivity index (χ0n) is 7.47. The average Bonchev–Trinajstić information content (AvgIpc) is 2.69. The van der Waals surface area contributed by atoms with Gasteiger partial charge in [0, 0.05) is 5.54 Å². The highest BCUT2D eigenvalue weighted by atomic mass is 14.8. The SMILES string of the molecule is CC1CC1C1(N)CCCCC1. The molecule has 0 aromatic carbocycles. The Hall–Kier alpha value is -0.0400. The summed E-state index contributed by atoms with van der Waals surface area (Å²) in [6.07, 6.45) is 8.15. The predicted octanol–water partition coefficient (Wildman–Crippen LogP) is 2.30. The van der Waals surface area contributed by atoms with Gasteiger partial charge in [-0.05, 0) is 31.1 Å². The summed E-state index contributed by atoms with van der Waals surface area (Å²) >= 11 is 0. The van der Waals surface area contributed by atoms with Crippen molar-refractivity contribution in [3.8, 4) is 0 Å². The zero-order valence-corrected chi connectivity index (χ0v) is 7.47. The summed E-state index contributed by atoms with van der Waals surface area (Å²) in [4.78, 5) is 0. The van der Waals surface area contributed by atoms with Crippen LogP contribution in [0.3, 0.4) is 0 Å². The topological polar surface area (TPSA) is 26.0 Å². The summed E-state index contributed by atoms with van der Waals surface area (Å²) in [6, 6.07) is 0. The molecule has 2 N–H and O–H groups in total. The van der Waals surface area contributed by atoms with E-state index >= 15 is 0 Å². The van der Waals surface area contributed by atoms with Crippen LogP contribution in [0.2, 0.25) is 0 Å². The number of rotatable bonds is 1. The van der Waals surface area contributed by atoms with Gasteiger partial charge in [0.1, 0.15) is 0 Å². The van der Waals surface area contributed by atoms with E-state index in [4.69, 9.17) is 5.73 Å². The Balaban J connectivity index is 1.97. The monoisotopic (exact) mass is 153 g/mol. The van der Waals surface area contributed by atoms with E-state index < -0.39 is 0 Å². The van der Waals surface area contributed by atoms with Gasteiger partial charge < -0.3 is 5.73 Å². The van der Waals surface area contributed by atoms with Gasteiger partial charge in [-0.25, -0.2) is 0 Å². The van der Waals surface area contributed by atoms with Crippen molar-refractivity contribution in [2.45, 2.75) is 51.0 Å². The molecule has 1 heteroatoms. The molecule has 0 bridgehead atoms. The molecule has 2 aliphatic carbocycles. The van der Waals surface area contributed by atoms with E-state index in [1.165, 1.54) is 38.5 Å². The number of nitrogens with two attached hydrogens (primary N) is 1. The lowest BCUT2D eigenvalue weighted by Crippen LogP contribution is -2.44. The summed E-state index contributed by atoms with van der Waals surface area (Å²) in [5, 5.41) is 0. The van der Waals surface area contributed by atoms with Crippen molar-refractivity contribution in [2.24, 2.45) is 17.6 Å². The maximum absolute atomic E-state index is 6.35. The third kappa shape index (κ3) is 1.31. The molecular weight excluding hydrogens is 134 g/mol. The molecule has 0 radical (unpaired) electrons. The van der Waals surface area contributed by atoms with E-state index in [9.17, 15) is 0 Å². The normalized spacial score (nSPS) is 42.0. The Kier molecular flexibility index (Phi) is 1.71. The lowest BCUT2D eigenvalue weighted by Gasteiger charge is -2.34. The molecule has 0 aromatic heterocycles. The predicted molar refractivity (Wildman–Crippen MR) is 47.3 cm³/mol. The van der Waals surface area contributed by atoms with Gasteiger partial charge in [-0.15, -0.1) is 0 Å². The molecule has 1 nitrogen and oxygen atoms in total. The summed E-state index contributed by atoms with van der Waals surface area (Å²) in [6.45, 7) is 2.34. The number of hydrogen-bond donors (Lipinski definition) is 1. The van der Waals surface area contributed by atoms with Crippen LogP contribution in [-0.4, -0.2) is 5.54 Å². The molecule has 2 unspecified atom stereocenters. The summed E-state index contributed by atoms with van der Waals surface area (Å²) in [5.74, 6) is 1.81. The quantitative estimate of drug-likeness (QED) is 0.614. The van der Waals surface area contributed by atoms with Crippen molar-refractivity contribution in [3.05, 3.63) is 0 Å². The molecule has 2 aliphatic rings. The van der Waals surface area contributed by atoms with Crippen LogP contribution in [0.5, 0.6) is 0 Å². The maximum Gasteiger partial charge on any atom is 0.0185 e. The molecule has 0 aromatic rings. The molecule has 0 saturated heterocycles. The molecule has 2 rings (SSSR count). The van der Waals surface area contributed by atoms with Crippen molar-refractivity contribution in [1.29, 1.82) is 0 Å². The minimum Gasteiger partial charge on any atom is -0.325 e. The second kappa shape index (κ2) is 2.48. The van der Waals surface area contributed by atoms with Crippen LogP contribution in [0.1, 0.15) is 45.4 Å². The fourth-order valence-corrected chi connectivity index (χ4v) is 2.70. The van der Waals surface area contributed by atoms with Gasteiger partial charge in [0.2, 0.25) is 0 Å².